The van der Waals surface area contributed by atoms with Crippen molar-refractivity contribution >= 4 is 23.4 Å². The normalized spacial score (nSPS) is 13.8. The Hall–Kier alpha value is -3.81. The van der Waals surface area contributed by atoms with Crippen LogP contribution >= 0.6 is 0 Å². The average molecular weight is 423 g/mol. The number of amides is 1. The van der Waals surface area contributed by atoms with Crippen LogP contribution in [0.5, 0.6) is 11.5 Å². The second-order valence-corrected chi connectivity index (χ2v) is 6.93. The Morgan fingerprint density at radius 1 is 1.13 bits per heavy atom. The smallest absolute Gasteiger partial charge is 0.269 e. The van der Waals surface area contributed by atoms with E-state index in [4.69, 9.17) is 9.47 Å². The molecule has 0 radical (unpaired) electrons. The third-order valence-electron chi connectivity index (χ3n) is 4.98. The maximum atomic E-state index is 12.6. The molecule has 0 N–H and O–H groups in total. The van der Waals surface area contributed by atoms with Crippen molar-refractivity contribution in [3.63, 3.8) is 0 Å². The van der Waals surface area contributed by atoms with Gasteiger partial charge in [-0.2, -0.15) is 0 Å². The summed E-state index contributed by atoms with van der Waals surface area (Å²) in [5.74, 6) is 1.15. The maximum Gasteiger partial charge on any atom is 0.269 e. The maximum absolute atomic E-state index is 12.6. The predicted octanol–water partition coefficient (Wildman–Crippen LogP) is 3.53. The first kappa shape index (κ1) is 21.9. The molecule has 0 aliphatic carbocycles. The van der Waals surface area contributed by atoms with E-state index in [1.165, 1.54) is 12.1 Å². The van der Waals surface area contributed by atoms with Gasteiger partial charge in [0, 0.05) is 50.1 Å². The molecule has 162 valence electrons. The third kappa shape index (κ3) is 5.63. The molecular formula is C23H25N3O5. The van der Waals surface area contributed by atoms with Gasteiger partial charge in [0.2, 0.25) is 5.91 Å². The Balaban J connectivity index is 1.56. The molecule has 1 heterocycles. The van der Waals surface area contributed by atoms with Crippen LogP contribution in [0.2, 0.25) is 0 Å². The van der Waals surface area contributed by atoms with Crippen molar-refractivity contribution in [2.75, 3.05) is 44.8 Å². The number of piperazine rings is 1. The molecule has 8 heteroatoms. The van der Waals surface area contributed by atoms with Gasteiger partial charge in [-0.1, -0.05) is 18.7 Å². The fourth-order valence-electron chi connectivity index (χ4n) is 3.30. The van der Waals surface area contributed by atoms with E-state index in [0.29, 0.717) is 44.3 Å². The zero-order valence-electron chi connectivity index (χ0n) is 17.4. The number of hydrogen-bond donors (Lipinski definition) is 0. The van der Waals surface area contributed by atoms with Crippen LogP contribution < -0.4 is 14.4 Å². The molecule has 2 aromatic carbocycles. The first-order chi connectivity index (χ1) is 15.0. The lowest BCUT2D eigenvalue weighted by molar-refractivity contribution is -0.384. The van der Waals surface area contributed by atoms with E-state index in [0.717, 1.165) is 11.3 Å². The van der Waals surface area contributed by atoms with Crippen LogP contribution in [0.15, 0.2) is 61.2 Å². The molecule has 1 amide bonds. The van der Waals surface area contributed by atoms with Crippen molar-refractivity contribution in [1.82, 2.24) is 4.90 Å². The molecule has 1 saturated heterocycles. The number of nitrogens with zero attached hydrogens (tertiary/aromatic N) is 3. The van der Waals surface area contributed by atoms with Gasteiger partial charge in [-0.05, 0) is 35.9 Å². The number of carbonyl (C=O) groups is 1. The van der Waals surface area contributed by atoms with Crippen LogP contribution in [0.1, 0.15) is 5.56 Å². The van der Waals surface area contributed by atoms with Gasteiger partial charge in [0.15, 0.2) is 11.5 Å². The van der Waals surface area contributed by atoms with E-state index in [2.05, 4.69) is 11.5 Å². The van der Waals surface area contributed by atoms with E-state index >= 15 is 0 Å². The highest BCUT2D eigenvalue weighted by molar-refractivity contribution is 5.92. The lowest BCUT2D eigenvalue weighted by Gasteiger charge is -2.35. The number of anilines is 1. The molecule has 0 saturated carbocycles. The van der Waals surface area contributed by atoms with Crippen molar-refractivity contribution in [3.05, 3.63) is 76.9 Å². The van der Waals surface area contributed by atoms with E-state index in [-0.39, 0.29) is 11.6 Å². The van der Waals surface area contributed by atoms with Gasteiger partial charge >= 0.3 is 0 Å². The van der Waals surface area contributed by atoms with E-state index in [9.17, 15) is 14.9 Å². The van der Waals surface area contributed by atoms with Crippen LogP contribution in [-0.4, -0.2) is 55.6 Å². The number of hydrogen-bond acceptors (Lipinski definition) is 6. The molecule has 1 aliphatic rings. The van der Waals surface area contributed by atoms with E-state index < -0.39 is 4.92 Å². The largest absolute Gasteiger partial charge is 0.493 e. The Kier molecular flexibility index (Phi) is 7.26. The zero-order chi connectivity index (χ0) is 22.2. The van der Waals surface area contributed by atoms with E-state index in [1.54, 1.807) is 48.4 Å². The van der Waals surface area contributed by atoms with Crippen molar-refractivity contribution in [3.8, 4) is 11.5 Å². The molecule has 31 heavy (non-hydrogen) atoms. The van der Waals surface area contributed by atoms with Crippen LogP contribution in [0.4, 0.5) is 11.4 Å². The molecule has 1 fully saturated rings. The predicted molar refractivity (Wildman–Crippen MR) is 120 cm³/mol. The van der Waals surface area contributed by atoms with E-state index in [1.807, 2.05) is 12.1 Å². The first-order valence-electron chi connectivity index (χ1n) is 9.90. The van der Waals surface area contributed by atoms with Crippen LogP contribution in [0.25, 0.3) is 6.08 Å². The molecule has 1 aliphatic heterocycles. The van der Waals surface area contributed by atoms with Crippen LogP contribution in [0, 0.1) is 10.1 Å². The van der Waals surface area contributed by atoms with Gasteiger partial charge in [-0.15, -0.1) is 0 Å². The summed E-state index contributed by atoms with van der Waals surface area (Å²) in [6, 6.07) is 12.0. The van der Waals surface area contributed by atoms with Crippen LogP contribution in [-0.2, 0) is 4.79 Å². The number of carbonyl (C=O) groups excluding carboxylic acids is 1. The Morgan fingerprint density at radius 3 is 2.45 bits per heavy atom. The Bertz CT molecular complexity index is 964. The van der Waals surface area contributed by atoms with Gasteiger partial charge in [-0.3, -0.25) is 14.9 Å². The monoisotopic (exact) mass is 423 g/mol. The number of methoxy groups -OCH3 is 1. The molecule has 0 unspecified atom stereocenters. The minimum Gasteiger partial charge on any atom is -0.493 e. The molecule has 0 aromatic heterocycles. The van der Waals surface area contributed by atoms with Crippen molar-refractivity contribution < 1.29 is 19.2 Å². The number of nitro benzene ring substituents is 1. The summed E-state index contributed by atoms with van der Waals surface area (Å²) < 4.78 is 10.9. The number of ether oxygens (including phenoxy) is 2. The summed E-state index contributed by atoms with van der Waals surface area (Å²) >= 11 is 0. The highest BCUT2D eigenvalue weighted by Gasteiger charge is 2.20. The number of rotatable bonds is 8. The van der Waals surface area contributed by atoms with Gasteiger partial charge in [0.05, 0.1) is 12.0 Å². The summed E-state index contributed by atoms with van der Waals surface area (Å²) in [6.45, 7) is 6.51. The van der Waals surface area contributed by atoms with Crippen molar-refractivity contribution in [2.24, 2.45) is 0 Å². The van der Waals surface area contributed by atoms with Crippen LogP contribution in [0.3, 0.4) is 0 Å². The summed E-state index contributed by atoms with van der Waals surface area (Å²) in [5, 5.41) is 10.8. The summed E-state index contributed by atoms with van der Waals surface area (Å²) in [5.41, 5.74) is 1.82. The molecule has 0 atom stereocenters. The van der Waals surface area contributed by atoms with Crippen molar-refractivity contribution in [2.45, 2.75) is 0 Å². The minimum atomic E-state index is -0.413. The molecule has 8 nitrogen and oxygen atoms in total. The lowest BCUT2D eigenvalue weighted by Crippen LogP contribution is -2.48. The van der Waals surface area contributed by atoms with Gasteiger partial charge < -0.3 is 19.3 Å². The quantitative estimate of drug-likeness (QED) is 0.279. The number of benzene rings is 2. The fourth-order valence-corrected chi connectivity index (χ4v) is 3.30. The molecular weight excluding hydrogens is 398 g/mol. The zero-order valence-corrected chi connectivity index (χ0v) is 17.4. The van der Waals surface area contributed by atoms with Gasteiger partial charge in [0.25, 0.3) is 5.69 Å². The first-order valence-corrected chi connectivity index (χ1v) is 9.90. The summed E-state index contributed by atoms with van der Waals surface area (Å²) in [4.78, 5) is 26.9. The molecule has 2 aromatic rings. The highest BCUT2D eigenvalue weighted by Crippen LogP contribution is 2.28. The second-order valence-electron chi connectivity index (χ2n) is 6.93. The highest BCUT2D eigenvalue weighted by atomic mass is 16.6. The Morgan fingerprint density at radius 2 is 1.84 bits per heavy atom. The number of nitro groups is 1. The molecule has 3 rings (SSSR count). The standard InChI is InChI=1S/C23H25N3O5/c1-3-16-31-21-10-4-18(17-22(21)30-2)5-11-23(27)25-14-12-24(13-15-25)19-6-8-20(9-7-19)26(28)29/h3-11,17H,1,12-16H2,2H3/b11-5+. The fraction of sp³-hybridized carbons (Fsp3) is 0.261. The second kappa shape index (κ2) is 10.3. The molecule has 0 spiro atoms. The van der Waals surface area contributed by atoms with Gasteiger partial charge in [-0.25, -0.2) is 0 Å². The van der Waals surface area contributed by atoms with Gasteiger partial charge in [0.1, 0.15) is 6.61 Å². The number of non-ortho nitro benzene ring substituents is 1. The topological polar surface area (TPSA) is 85.2 Å². The summed E-state index contributed by atoms with van der Waals surface area (Å²) in [7, 11) is 1.57. The SMILES string of the molecule is C=CCOc1ccc(/C=C/C(=O)N2CCN(c3ccc([N+](=O)[O-])cc3)CC2)cc1OC. The molecule has 0 bridgehead atoms. The third-order valence-corrected chi connectivity index (χ3v) is 4.98. The minimum absolute atomic E-state index is 0.0608. The summed E-state index contributed by atoms with van der Waals surface area (Å²) in [6.07, 6.45) is 4.97. The Labute approximate surface area is 181 Å². The lowest BCUT2D eigenvalue weighted by atomic mass is 10.1. The van der Waals surface area contributed by atoms with Crippen molar-refractivity contribution in [1.29, 1.82) is 0 Å². The average Bonchev–Trinajstić information content (AvgIpc) is 2.81.